The molecule has 2 aromatic rings. The van der Waals surface area contributed by atoms with Gasteiger partial charge in [-0.1, -0.05) is 24.3 Å². The van der Waals surface area contributed by atoms with Crippen LogP contribution in [0.4, 0.5) is 11.4 Å². The quantitative estimate of drug-likeness (QED) is 0.743. The van der Waals surface area contributed by atoms with Crippen molar-refractivity contribution in [2.45, 2.75) is 30.7 Å². The molecule has 0 radical (unpaired) electrons. The molecule has 0 aromatic heterocycles. The fourth-order valence-electron chi connectivity index (χ4n) is 3.77. The zero-order valence-corrected chi connectivity index (χ0v) is 17.4. The van der Waals surface area contributed by atoms with E-state index in [-0.39, 0.29) is 29.2 Å². The van der Waals surface area contributed by atoms with Crippen molar-refractivity contribution in [2.24, 2.45) is 0 Å². The standard InChI is InChI=1S/C22H23N3O4S/c1-22-11-10-20(27)25(22)18(14-30-22)21(28)24-16-8-5-9-17(12-16)29-13-19(26)23-15-6-3-2-4-7-15/h2-9,12,18H,10-11,13-14H2,1H3,(H,23,26)(H,24,28). The summed E-state index contributed by atoms with van der Waals surface area (Å²) in [6.07, 6.45) is 1.26. The molecule has 2 aliphatic heterocycles. The Labute approximate surface area is 179 Å². The van der Waals surface area contributed by atoms with Crippen LogP contribution in [0.25, 0.3) is 0 Å². The van der Waals surface area contributed by atoms with Gasteiger partial charge in [0.15, 0.2) is 6.61 Å². The van der Waals surface area contributed by atoms with E-state index in [0.29, 0.717) is 29.3 Å². The molecule has 2 aliphatic rings. The van der Waals surface area contributed by atoms with E-state index in [9.17, 15) is 14.4 Å². The molecule has 2 saturated heterocycles. The van der Waals surface area contributed by atoms with Crippen LogP contribution in [0.3, 0.4) is 0 Å². The van der Waals surface area contributed by atoms with E-state index >= 15 is 0 Å². The minimum absolute atomic E-state index is 0.0316. The van der Waals surface area contributed by atoms with E-state index in [2.05, 4.69) is 10.6 Å². The van der Waals surface area contributed by atoms with Crippen molar-refractivity contribution in [3.05, 3.63) is 54.6 Å². The molecule has 2 heterocycles. The molecule has 0 saturated carbocycles. The number of nitrogens with zero attached hydrogens (tertiary/aromatic N) is 1. The average Bonchev–Trinajstić information content (AvgIpc) is 3.23. The van der Waals surface area contributed by atoms with Gasteiger partial charge in [-0.25, -0.2) is 0 Å². The lowest BCUT2D eigenvalue weighted by molar-refractivity contribution is -0.135. The van der Waals surface area contributed by atoms with Gasteiger partial charge >= 0.3 is 0 Å². The van der Waals surface area contributed by atoms with Crippen LogP contribution < -0.4 is 15.4 Å². The smallest absolute Gasteiger partial charge is 0.262 e. The number of nitrogens with one attached hydrogen (secondary N) is 2. The van der Waals surface area contributed by atoms with Gasteiger partial charge in [0.2, 0.25) is 11.8 Å². The van der Waals surface area contributed by atoms with E-state index in [4.69, 9.17) is 4.74 Å². The number of thioether (sulfide) groups is 1. The minimum Gasteiger partial charge on any atom is -0.484 e. The van der Waals surface area contributed by atoms with Gasteiger partial charge in [0.25, 0.3) is 5.91 Å². The van der Waals surface area contributed by atoms with Crippen molar-refractivity contribution in [3.63, 3.8) is 0 Å². The van der Waals surface area contributed by atoms with Crippen molar-refractivity contribution in [1.29, 1.82) is 0 Å². The van der Waals surface area contributed by atoms with Crippen LogP contribution in [0.2, 0.25) is 0 Å². The topological polar surface area (TPSA) is 87.7 Å². The normalized spacial score (nSPS) is 22.5. The van der Waals surface area contributed by atoms with E-state index in [1.54, 1.807) is 53.1 Å². The van der Waals surface area contributed by atoms with Gasteiger partial charge in [0, 0.05) is 29.6 Å². The SMILES string of the molecule is CC12CCC(=O)N1C(C(=O)Nc1cccc(OCC(=O)Nc3ccccc3)c1)CS2. The number of hydrogen-bond acceptors (Lipinski definition) is 5. The second-order valence-electron chi connectivity index (χ2n) is 7.49. The van der Waals surface area contributed by atoms with Gasteiger partial charge in [-0.2, -0.15) is 0 Å². The maximum absolute atomic E-state index is 12.8. The van der Waals surface area contributed by atoms with Crippen molar-refractivity contribution in [1.82, 2.24) is 4.90 Å². The molecule has 4 rings (SSSR count). The van der Waals surface area contributed by atoms with E-state index in [0.717, 1.165) is 6.42 Å². The molecule has 2 N–H and O–H groups in total. The highest BCUT2D eigenvalue weighted by atomic mass is 32.2. The van der Waals surface area contributed by atoms with Crippen LogP contribution >= 0.6 is 11.8 Å². The number of rotatable bonds is 6. The first kappa shape index (κ1) is 20.3. The minimum atomic E-state index is -0.476. The Morgan fingerprint density at radius 2 is 1.90 bits per heavy atom. The predicted octanol–water partition coefficient (Wildman–Crippen LogP) is 3.10. The van der Waals surface area contributed by atoms with Crippen LogP contribution in [0.1, 0.15) is 19.8 Å². The zero-order valence-electron chi connectivity index (χ0n) is 16.6. The molecular weight excluding hydrogens is 402 g/mol. The molecule has 2 unspecified atom stereocenters. The zero-order chi connectivity index (χ0) is 21.1. The predicted molar refractivity (Wildman–Crippen MR) is 116 cm³/mol. The summed E-state index contributed by atoms with van der Waals surface area (Å²) in [5.74, 6) is 0.609. The van der Waals surface area contributed by atoms with Gasteiger partial charge < -0.3 is 20.3 Å². The third-order valence-electron chi connectivity index (χ3n) is 5.28. The lowest BCUT2D eigenvalue weighted by atomic mass is 10.2. The fourth-order valence-corrected chi connectivity index (χ4v) is 5.20. The highest BCUT2D eigenvalue weighted by Gasteiger charge is 2.52. The number of benzene rings is 2. The maximum atomic E-state index is 12.8. The number of anilines is 2. The molecule has 7 nitrogen and oxygen atoms in total. The van der Waals surface area contributed by atoms with Crippen molar-refractivity contribution in [2.75, 3.05) is 23.0 Å². The molecule has 2 aromatic carbocycles. The summed E-state index contributed by atoms with van der Waals surface area (Å²) in [6, 6.07) is 15.5. The second-order valence-corrected chi connectivity index (χ2v) is 8.99. The molecule has 156 valence electrons. The summed E-state index contributed by atoms with van der Waals surface area (Å²) in [5.41, 5.74) is 1.26. The first-order valence-corrected chi connectivity index (χ1v) is 10.8. The van der Waals surface area contributed by atoms with Gasteiger partial charge in [-0.3, -0.25) is 14.4 Å². The Balaban J connectivity index is 1.34. The van der Waals surface area contributed by atoms with Crippen LogP contribution in [0.5, 0.6) is 5.75 Å². The number of hydrogen-bond donors (Lipinski definition) is 2. The molecule has 2 fully saturated rings. The Bertz CT molecular complexity index is 968. The average molecular weight is 426 g/mol. The fraction of sp³-hybridized carbons (Fsp3) is 0.318. The number of fused-ring (bicyclic) bond motifs is 1. The molecule has 0 aliphatic carbocycles. The monoisotopic (exact) mass is 425 g/mol. The highest BCUT2D eigenvalue weighted by molar-refractivity contribution is 8.01. The van der Waals surface area contributed by atoms with Gasteiger partial charge in [0.05, 0.1) is 4.87 Å². The molecule has 2 atom stereocenters. The lowest BCUT2D eigenvalue weighted by Gasteiger charge is -2.29. The number of para-hydroxylation sites is 1. The van der Waals surface area contributed by atoms with Crippen molar-refractivity contribution < 1.29 is 19.1 Å². The largest absolute Gasteiger partial charge is 0.484 e. The molecule has 0 spiro atoms. The van der Waals surface area contributed by atoms with E-state index in [1.807, 2.05) is 25.1 Å². The Morgan fingerprint density at radius 1 is 1.13 bits per heavy atom. The molecule has 0 bridgehead atoms. The number of amides is 3. The second kappa shape index (κ2) is 8.39. The Morgan fingerprint density at radius 3 is 2.70 bits per heavy atom. The summed E-state index contributed by atoms with van der Waals surface area (Å²) < 4.78 is 5.56. The third kappa shape index (κ3) is 4.28. The van der Waals surface area contributed by atoms with Gasteiger partial charge in [0.1, 0.15) is 11.8 Å². The Hall–Kier alpha value is -3.00. The van der Waals surface area contributed by atoms with Crippen LogP contribution in [-0.2, 0) is 14.4 Å². The molecule has 8 heteroatoms. The summed E-state index contributed by atoms with van der Waals surface area (Å²) in [7, 11) is 0. The van der Waals surface area contributed by atoms with Crippen LogP contribution in [0, 0.1) is 0 Å². The number of ether oxygens (including phenoxy) is 1. The van der Waals surface area contributed by atoms with E-state index < -0.39 is 6.04 Å². The van der Waals surface area contributed by atoms with Crippen LogP contribution in [0.15, 0.2) is 54.6 Å². The molecule has 30 heavy (non-hydrogen) atoms. The van der Waals surface area contributed by atoms with Crippen LogP contribution in [-0.4, -0.2) is 45.9 Å². The highest BCUT2D eigenvalue weighted by Crippen LogP contribution is 2.47. The summed E-state index contributed by atoms with van der Waals surface area (Å²) in [4.78, 5) is 38.5. The Kier molecular flexibility index (Phi) is 5.67. The maximum Gasteiger partial charge on any atom is 0.262 e. The third-order valence-corrected chi connectivity index (χ3v) is 6.78. The number of carbonyl (C=O) groups is 3. The summed E-state index contributed by atoms with van der Waals surface area (Å²) >= 11 is 1.66. The lowest BCUT2D eigenvalue weighted by Crippen LogP contribution is -2.48. The van der Waals surface area contributed by atoms with E-state index in [1.165, 1.54) is 0 Å². The number of carbonyl (C=O) groups excluding carboxylic acids is 3. The van der Waals surface area contributed by atoms with Gasteiger partial charge in [-0.15, -0.1) is 11.8 Å². The first-order chi connectivity index (χ1) is 14.4. The van der Waals surface area contributed by atoms with Crippen molar-refractivity contribution >= 4 is 40.9 Å². The summed E-state index contributed by atoms with van der Waals surface area (Å²) in [6.45, 7) is 1.87. The van der Waals surface area contributed by atoms with Gasteiger partial charge in [-0.05, 0) is 37.6 Å². The first-order valence-electron chi connectivity index (χ1n) is 9.79. The summed E-state index contributed by atoms with van der Waals surface area (Å²) in [5, 5.41) is 5.63. The van der Waals surface area contributed by atoms with Crippen molar-refractivity contribution in [3.8, 4) is 5.75 Å². The molecular formula is C22H23N3O4S. The molecule has 3 amide bonds.